The molecule has 0 bridgehead atoms. The Morgan fingerprint density at radius 2 is 1.36 bits per heavy atom. The molecule has 1 heteroatoms. The summed E-state index contributed by atoms with van der Waals surface area (Å²) in [5.41, 5.74) is 9.90. The first-order valence-corrected chi connectivity index (χ1v) is 15.3. The summed E-state index contributed by atoms with van der Waals surface area (Å²) in [5.74, 6) is 0.297. The van der Waals surface area contributed by atoms with Crippen molar-refractivity contribution in [2.45, 2.75) is 25.9 Å². The second-order valence-corrected chi connectivity index (χ2v) is 12.9. The molecule has 7 rings (SSSR count). The summed E-state index contributed by atoms with van der Waals surface area (Å²) in [4.78, 5) is 1.56. The van der Waals surface area contributed by atoms with E-state index in [2.05, 4.69) is 129 Å². The zero-order chi connectivity index (χ0) is 24.4. The SMILES string of the molecule is CC1=Cc2c(-c3cccc4ccccc34)cccc2C1c1c2c(ccc1=[Si](C)C)=c1ccccc1=C2. The van der Waals surface area contributed by atoms with Crippen LogP contribution < -0.4 is 5.22 Å². The molecule has 0 amide bonds. The molecule has 2 aliphatic rings. The van der Waals surface area contributed by atoms with Crippen molar-refractivity contribution in [3.05, 3.63) is 145 Å². The monoisotopic (exact) mass is 476 g/mol. The minimum atomic E-state index is -0.648. The number of benzene rings is 5. The topological polar surface area (TPSA) is 0 Å². The van der Waals surface area contributed by atoms with E-state index in [1.165, 1.54) is 65.4 Å². The van der Waals surface area contributed by atoms with Gasteiger partial charge in [0.2, 0.25) is 0 Å². The average Bonchev–Trinajstić information content (AvgIpc) is 3.44. The fraction of sp³-hybridized carbons (Fsp3) is 0.114. The molecule has 36 heavy (non-hydrogen) atoms. The molecular weight excluding hydrogens is 448 g/mol. The number of hydrogen-bond donors (Lipinski definition) is 0. The predicted molar refractivity (Wildman–Crippen MR) is 155 cm³/mol. The molecule has 0 spiro atoms. The summed E-state index contributed by atoms with van der Waals surface area (Å²) in [7, 11) is -0.648. The van der Waals surface area contributed by atoms with E-state index >= 15 is 0 Å². The van der Waals surface area contributed by atoms with E-state index < -0.39 is 8.41 Å². The molecular formula is C35H28Si. The standard InChI is InChI=1S/C35H28Si/c1-22-20-31-28(27-15-8-12-23-10-4-6-13-25(23)27)16-9-17-30(31)34(22)35-32-21-24-11-5-7-14-26(24)29(32)18-19-33(35)36(2)3/h4-21,34H,1-3H3. The Kier molecular flexibility index (Phi) is 4.84. The summed E-state index contributed by atoms with van der Waals surface area (Å²) in [6.45, 7) is 7.19. The van der Waals surface area contributed by atoms with Gasteiger partial charge in [-0.25, -0.2) is 0 Å². The third-order valence-corrected chi connectivity index (χ3v) is 9.54. The Labute approximate surface area is 213 Å². The second-order valence-electron chi connectivity index (χ2n) is 10.4. The summed E-state index contributed by atoms with van der Waals surface area (Å²) in [5, 5.41) is 6.71. The largest absolute Gasteiger partial charge is 0.0616 e. The molecule has 5 aromatic carbocycles. The molecule has 0 heterocycles. The van der Waals surface area contributed by atoms with Crippen LogP contribution in [-0.2, 0) is 0 Å². The lowest BCUT2D eigenvalue weighted by Gasteiger charge is -2.20. The van der Waals surface area contributed by atoms with Gasteiger partial charge in [0.1, 0.15) is 0 Å². The quantitative estimate of drug-likeness (QED) is 0.222. The molecule has 0 saturated carbocycles. The lowest BCUT2D eigenvalue weighted by molar-refractivity contribution is 0.965. The van der Waals surface area contributed by atoms with Crippen LogP contribution in [0.1, 0.15) is 35.1 Å². The minimum absolute atomic E-state index is 0.297. The van der Waals surface area contributed by atoms with Gasteiger partial charge < -0.3 is 0 Å². The predicted octanol–water partition coefficient (Wildman–Crippen LogP) is 8.07. The fourth-order valence-corrected chi connectivity index (χ4v) is 7.66. The molecule has 1 atom stereocenters. The van der Waals surface area contributed by atoms with Gasteiger partial charge in [0.25, 0.3) is 0 Å². The Balaban J connectivity index is 1.53. The first kappa shape index (κ1) is 21.5. The van der Waals surface area contributed by atoms with Crippen LogP contribution in [0, 0.1) is 15.3 Å². The minimum Gasteiger partial charge on any atom is -0.0616 e. The van der Waals surface area contributed by atoms with E-state index in [1.54, 1.807) is 4.81 Å². The zero-order valence-electron chi connectivity index (χ0n) is 21.0. The van der Waals surface area contributed by atoms with Crippen LogP contribution in [0.2, 0.25) is 13.1 Å². The van der Waals surface area contributed by atoms with E-state index in [9.17, 15) is 0 Å². The maximum Gasteiger partial charge on any atom is 0.0313 e. The van der Waals surface area contributed by atoms with Gasteiger partial charge in [0.15, 0.2) is 0 Å². The van der Waals surface area contributed by atoms with Gasteiger partial charge in [-0.2, -0.15) is 0 Å². The van der Waals surface area contributed by atoms with E-state index in [-0.39, 0.29) is 0 Å². The normalized spacial score (nSPS) is 15.2. The van der Waals surface area contributed by atoms with Crippen molar-refractivity contribution in [2.75, 3.05) is 0 Å². The third-order valence-electron chi connectivity index (χ3n) is 8.02. The van der Waals surface area contributed by atoms with Gasteiger partial charge in [0.05, 0.1) is 0 Å². The Morgan fingerprint density at radius 3 is 2.25 bits per heavy atom. The first-order chi connectivity index (χ1) is 17.6. The van der Waals surface area contributed by atoms with Gasteiger partial charge in [-0.1, -0.05) is 122 Å². The van der Waals surface area contributed by atoms with Gasteiger partial charge in [-0.15, -0.1) is 0 Å². The molecule has 0 N–H and O–H groups in total. The molecule has 2 aliphatic carbocycles. The van der Waals surface area contributed by atoms with E-state index in [1.807, 2.05) is 0 Å². The number of rotatable bonds is 2. The highest BCUT2D eigenvalue weighted by Crippen LogP contribution is 2.46. The maximum absolute atomic E-state index is 2.46. The summed E-state index contributed by atoms with van der Waals surface area (Å²) >= 11 is 0. The van der Waals surface area contributed by atoms with Crippen LogP contribution >= 0.6 is 0 Å². The smallest absolute Gasteiger partial charge is 0.0313 e. The first-order valence-electron chi connectivity index (χ1n) is 12.8. The fourth-order valence-electron chi connectivity index (χ4n) is 6.43. The Bertz CT molecular complexity index is 1970. The lowest BCUT2D eigenvalue weighted by Crippen LogP contribution is -2.07. The molecule has 5 aromatic rings. The summed E-state index contributed by atoms with van der Waals surface area (Å²) < 4.78 is 0. The van der Waals surface area contributed by atoms with Crippen LogP contribution in [0.5, 0.6) is 0 Å². The second kappa shape index (κ2) is 8.11. The molecule has 0 radical (unpaired) electrons. The van der Waals surface area contributed by atoms with Gasteiger partial charge in [0, 0.05) is 14.3 Å². The molecule has 0 aliphatic heterocycles. The van der Waals surface area contributed by atoms with Crippen molar-refractivity contribution in [1.29, 1.82) is 0 Å². The third kappa shape index (κ3) is 3.09. The van der Waals surface area contributed by atoms with Crippen molar-refractivity contribution in [1.82, 2.24) is 0 Å². The number of fused-ring (bicyclic) bond motifs is 4. The molecule has 0 fully saturated rings. The van der Waals surface area contributed by atoms with Crippen LogP contribution in [0.3, 0.4) is 0 Å². The zero-order valence-corrected chi connectivity index (χ0v) is 22.0. The van der Waals surface area contributed by atoms with Crippen molar-refractivity contribution < 1.29 is 0 Å². The van der Waals surface area contributed by atoms with Gasteiger partial charge in [-0.3, -0.25) is 0 Å². The molecule has 172 valence electrons. The molecule has 0 saturated heterocycles. The molecule has 1 unspecified atom stereocenters. The van der Waals surface area contributed by atoms with E-state index in [4.69, 9.17) is 0 Å². The average molecular weight is 477 g/mol. The summed E-state index contributed by atoms with van der Waals surface area (Å²) in [6.07, 6.45) is 4.90. The van der Waals surface area contributed by atoms with Crippen LogP contribution in [0.25, 0.3) is 34.1 Å². The van der Waals surface area contributed by atoms with Gasteiger partial charge >= 0.3 is 0 Å². The lowest BCUT2D eigenvalue weighted by atomic mass is 9.84. The van der Waals surface area contributed by atoms with E-state index in [0.717, 1.165) is 0 Å². The maximum atomic E-state index is 2.46. The van der Waals surface area contributed by atoms with Crippen molar-refractivity contribution in [3.63, 3.8) is 0 Å². The van der Waals surface area contributed by atoms with Crippen molar-refractivity contribution >= 4 is 31.3 Å². The van der Waals surface area contributed by atoms with Crippen molar-refractivity contribution in [2.24, 2.45) is 0 Å². The number of allylic oxidation sites excluding steroid dienone is 1. The van der Waals surface area contributed by atoms with E-state index in [0.29, 0.717) is 5.92 Å². The van der Waals surface area contributed by atoms with Crippen LogP contribution in [0.15, 0.2) is 103 Å². The highest BCUT2D eigenvalue weighted by molar-refractivity contribution is 6.47. The number of hydrogen-bond acceptors (Lipinski definition) is 0. The Hall–Kier alpha value is -3.81. The highest BCUT2D eigenvalue weighted by Gasteiger charge is 2.29. The van der Waals surface area contributed by atoms with Crippen LogP contribution in [0.4, 0.5) is 0 Å². The Morgan fingerprint density at radius 1 is 0.611 bits per heavy atom. The summed E-state index contributed by atoms with van der Waals surface area (Å²) in [6, 6.07) is 36.0. The molecule has 0 nitrogen and oxygen atoms in total. The van der Waals surface area contributed by atoms with Crippen LogP contribution in [-0.4, -0.2) is 8.41 Å². The molecule has 0 aromatic heterocycles. The highest BCUT2D eigenvalue weighted by atomic mass is 28.2. The van der Waals surface area contributed by atoms with Gasteiger partial charge in [-0.05, 0) is 77.6 Å². The van der Waals surface area contributed by atoms with Crippen molar-refractivity contribution in [3.8, 4) is 11.1 Å².